The van der Waals surface area contributed by atoms with Crippen LogP contribution in [0.25, 0.3) is 0 Å². The number of aryl methyl sites for hydroxylation is 1. The minimum absolute atomic E-state index is 0.0110. The smallest absolute Gasteiger partial charge is 0.337 e. The van der Waals surface area contributed by atoms with Gasteiger partial charge in [-0.25, -0.2) is 4.79 Å². The Morgan fingerprint density at radius 1 is 1.03 bits per heavy atom. The van der Waals surface area contributed by atoms with E-state index in [1.807, 2.05) is 64.1 Å². The summed E-state index contributed by atoms with van der Waals surface area (Å²) in [5.41, 5.74) is 5.80. The Bertz CT molecular complexity index is 1240. The molecule has 0 fully saturated rings. The molecule has 0 saturated heterocycles. The number of Topliss-reactive ketones (excluding diaryl/α,β-unsaturated/α-hetero) is 1. The number of hydrogen-bond donors (Lipinski definition) is 1. The van der Waals surface area contributed by atoms with Gasteiger partial charge >= 0.3 is 5.97 Å². The second kappa shape index (κ2) is 10.6. The molecule has 1 aliphatic carbocycles. The van der Waals surface area contributed by atoms with Gasteiger partial charge in [0.25, 0.3) is 0 Å². The van der Waals surface area contributed by atoms with Gasteiger partial charge in [-0.05, 0) is 62.8 Å². The molecule has 36 heavy (non-hydrogen) atoms. The van der Waals surface area contributed by atoms with Crippen molar-refractivity contribution in [3.05, 3.63) is 81.7 Å². The van der Waals surface area contributed by atoms with E-state index in [0.29, 0.717) is 35.5 Å². The van der Waals surface area contributed by atoms with Crippen molar-refractivity contribution < 1.29 is 23.8 Å². The van der Waals surface area contributed by atoms with Gasteiger partial charge in [0.1, 0.15) is 0 Å². The highest BCUT2D eigenvalue weighted by Gasteiger charge is 2.41. The monoisotopic (exact) mass is 489 g/mol. The van der Waals surface area contributed by atoms with Crippen molar-refractivity contribution in [1.29, 1.82) is 0 Å². The van der Waals surface area contributed by atoms with Crippen molar-refractivity contribution in [2.75, 3.05) is 14.2 Å². The maximum atomic E-state index is 13.8. The lowest BCUT2D eigenvalue weighted by Gasteiger charge is -2.37. The van der Waals surface area contributed by atoms with Gasteiger partial charge < -0.3 is 19.5 Å². The number of rotatable bonds is 7. The molecule has 0 bridgehead atoms. The second-order valence-corrected chi connectivity index (χ2v) is 9.67. The average molecular weight is 490 g/mol. The van der Waals surface area contributed by atoms with Crippen LogP contribution in [0.4, 0.5) is 0 Å². The van der Waals surface area contributed by atoms with Crippen molar-refractivity contribution in [3.63, 3.8) is 0 Å². The first-order chi connectivity index (χ1) is 17.3. The van der Waals surface area contributed by atoms with E-state index in [2.05, 4.69) is 11.4 Å². The van der Waals surface area contributed by atoms with Gasteiger partial charge in [-0.3, -0.25) is 4.79 Å². The summed E-state index contributed by atoms with van der Waals surface area (Å²) in [5, 5.41) is 3.42. The summed E-state index contributed by atoms with van der Waals surface area (Å²) in [5.74, 6) is 0.489. The lowest BCUT2D eigenvalue weighted by Crippen LogP contribution is -2.36. The number of ketones is 1. The zero-order valence-corrected chi connectivity index (χ0v) is 21.9. The van der Waals surface area contributed by atoms with Crippen molar-refractivity contribution in [1.82, 2.24) is 5.32 Å². The van der Waals surface area contributed by atoms with Gasteiger partial charge in [0.05, 0.1) is 25.9 Å². The van der Waals surface area contributed by atoms with Crippen LogP contribution < -0.4 is 14.8 Å². The predicted molar refractivity (Wildman–Crippen MR) is 139 cm³/mol. The van der Waals surface area contributed by atoms with E-state index in [1.165, 1.54) is 0 Å². The van der Waals surface area contributed by atoms with E-state index in [0.717, 1.165) is 34.5 Å². The Labute approximate surface area is 213 Å². The summed E-state index contributed by atoms with van der Waals surface area (Å²) in [7, 11) is 3.21. The third-order valence-electron chi connectivity index (χ3n) is 7.19. The first kappa shape index (κ1) is 25.5. The predicted octanol–water partition coefficient (Wildman–Crippen LogP) is 5.72. The molecule has 0 aromatic heterocycles. The topological polar surface area (TPSA) is 73.9 Å². The van der Waals surface area contributed by atoms with Crippen LogP contribution in [-0.4, -0.2) is 32.1 Å². The Hall–Kier alpha value is -3.54. The summed E-state index contributed by atoms with van der Waals surface area (Å²) in [6.45, 7) is 7.78. The molecule has 0 unspecified atom stereocenters. The molecule has 0 radical (unpaired) electrons. The molecule has 6 heteroatoms. The minimum atomic E-state index is -0.462. The fourth-order valence-electron chi connectivity index (χ4n) is 5.16. The molecule has 1 heterocycles. The first-order valence-corrected chi connectivity index (χ1v) is 12.5. The number of benzene rings is 2. The lowest BCUT2D eigenvalue weighted by molar-refractivity contribution is -0.144. The molecular formula is C30H35NO5. The number of dihydropyridines is 1. The van der Waals surface area contributed by atoms with E-state index in [4.69, 9.17) is 14.2 Å². The van der Waals surface area contributed by atoms with Crippen molar-refractivity contribution in [2.45, 2.75) is 64.9 Å². The largest absolute Gasteiger partial charge is 0.493 e. The van der Waals surface area contributed by atoms with E-state index >= 15 is 0 Å². The third kappa shape index (κ3) is 4.90. The number of carbonyl (C=O) groups excluding carboxylic acids is 2. The Morgan fingerprint density at radius 3 is 2.44 bits per heavy atom. The van der Waals surface area contributed by atoms with Crippen LogP contribution in [0, 0.1) is 6.92 Å². The Kier molecular flexibility index (Phi) is 7.53. The van der Waals surface area contributed by atoms with E-state index in [-0.39, 0.29) is 23.8 Å². The number of carbonyl (C=O) groups is 2. The van der Waals surface area contributed by atoms with Gasteiger partial charge in [-0.1, -0.05) is 42.8 Å². The van der Waals surface area contributed by atoms with Crippen molar-refractivity contribution in [3.8, 4) is 11.5 Å². The maximum Gasteiger partial charge on any atom is 0.337 e. The third-order valence-corrected chi connectivity index (χ3v) is 7.19. The van der Waals surface area contributed by atoms with E-state index in [1.54, 1.807) is 14.2 Å². The van der Waals surface area contributed by atoms with Crippen LogP contribution in [0.2, 0.25) is 0 Å². The highest BCUT2D eigenvalue weighted by Crippen LogP contribution is 2.46. The van der Waals surface area contributed by atoms with Gasteiger partial charge in [-0.15, -0.1) is 0 Å². The van der Waals surface area contributed by atoms with Crippen molar-refractivity contribution in [2.24, 2.45) is 0 Å². The van der Waals surface area contributed by atoms with E-state index in [9.17, 15) is 9.59 Å². The molecule has 2 aliphatic rings. The molecule has 6 nitrogen and oxygen atoms in total. The Morgan fingerprint density at radius 2 is 1.78 bits per heavy atom. The fourth-order valence-corrected chi connectivity index (χ4v) is 5.16. The van der Waals surface area contributed by atoms with Crippen molar-refractivity contribution >= 4 is 11.8 Å². The lowest BCUT2D eigenvalue weighted by atomic mass is 9.71. The molecule has 1 N–H and O–H groups in total. The number of allylic oxidation sites excluding steroid dienone is 3. The van der Waals surface area contributed by atoms with Gasteiger partial charge in [0, 0.05) is 29.3 Å². The van der Waals surface area contributed by atoms with Gasteiger partial charge in [-0.2, -0.15) is 0 Å². The fraction of sp³-hybridized carbons (Fsp3) is 0.400. The van der Waals surface area contributed by atoms with Crippen LogP contribution >= 0.6 is 0 Å². The van der Waals surface area contributed by atoms with Crippen LogP contribution in [0.15, 0.2) is 65.0 Å². The number of methoxy groups -OCH3 is 2. The van der Waals surface area contributed by atoms with Gasteiger partial charge in [0.15, 0.2) is 17.3 Å². The summed E-state index contributed by atoms with van der Waals surface area (Å²) in [6, 6.07) is 13.8. The molecule has 3 atom stereocenters. The highest BCUT2D eigenvalue weighted by molar-refractivity contribution is 6.04. The standard InChI is InChI=1S/C30H35NO5/c1-7-18(3)36-30(33)27-19(4)31-23-14-22(20-11-12-25(34-5)26(16-20)35-6)15-24(32)29(23)28(27)21-10-8-9-17(2)13-21/h8-13,16,18,22,28,31H,7,14-15H2,1-6H3/t18-,22-,28-/m1/s1. The van der Waals surface area contributed by atoms with Crippen LogP contribution in [-0.2, 0) is 14.3 Å². The van der Waals surface area contributed by atoms with Crippen LogP contribution in [0.1, 0.15) is 68.6 Å². The van der Waals surface area contributed by atoms with Crippen LogP contribution in [0.3, 0.4) is 0 Å². The number of hydrogen-bond acceptors (Lipinski definition) is 6. The molecule has 0 spiro atoms. The van der Waals surface area contributed by atoms with Crippen LogP contribution in [0.5, 0.6) is 11.5 Å². The molecule has 2 aromatic carbocycles. The van der Waals surface area contributed by atoms with E-state index < -0.39 is 5.92 Å². The number of ether oxygens (including phenoxy) is 3. The highest BCUT2D eigenvalue weighted by atomic mass is 16.5. The molecular weight excluding hydrogens is 454 g/mol. The quantitative estimate of drug-likeness (QED) is 0.502. The summed E-state index contributed by atoms with van der Waals surface area (Å²) >= 11 is 0. The SMILES string of the molecule is CC[C@@H](C)OC(=O)C1=C(C)NC2=C(C(=O)C[C@H](c3ccc(OC)c(OC)c3)C2)[C@@H]1c1cccc(C)c1. The molecule has 0 saturated carbocycles. The number of nitrogens with one attached hydrogen (secondary N) is 1. The Balaban J connectivity index is 1.76. The second-order valence-electron chi connectivity index (χ2n) is 9.67. The summed E-state index contributed by atoms with van der Waals surface area (Å²) in [6.07, 6.45) is 1.53. The molecule has 0 amide bonds. The minimum Gasteiger partial charge on any atom is -0.493 e. The van der Waals surface area contributed by atoms with Gasteiger partial charge in [0.2, 0.25) is 0 Å². The summed E-state index contributed by atoms with van der Waals surface area (Å²) < 4.78 is 16.6. The molecule has 2 aromatic rings. The first-order valence-electron chi connectivity index (χ1n) is 12.5. The molecule has 4 rings (SSSR count). The number of esters is 1. The molecule has 190 valence electrons. The molecule has 1 aliphatic heterocycles. The zero-order chi connectivity index (χ0) is 26.0. The normalized spacial score (nSPS) is 20.4. The average Bonchev–Trinajstić information content (AvgIpc) is 2.86. The summed E-state index contributed by atoms with van der Waals surface area (Å²) in [4.78, 5) is 27.1. The zero-order valence-electron chi connectivity index (χ0n) is 21.9. The maximum absolute atomic E-state index is 13.8.